The smallest absolute Gasteiger partial charge is 0.264 e. The third kappa shape index (κ3) is 7.90. The Morgan fingerprint density at radius 3 is 2.00 bits per heavy atom. The highest BCUT2D eigenvalue weighted by Crippen LogP contribution is 2.27. The van der Waals surface area contributed by atoms with Gasteiger partial charge in [-0.15, -0.1) is 0 Å². The number of ether oxygens (including phenoxy) is 1. The third-order valence-electron chi connectivity index (χ3n) is 6.24. The molecule has 0 radical (unpaired) electrons. The van der Waals surface area contributed by atoms with Crippen molar-refractivity contribution in [1.82, 2.24) is 10.2 Å². The van der Waals surface area contributed by atoms with Crippen LogP contribution in [0.4, 0.5) is 5.69 Å². The van der Waals surface area contributed by atoms with E-state index in [-0.39, 0.29) is 23.0 Å². The normalized spacial score (nSPS) is 11.9. The molecular weight excluding hydrogens is 573 g/mol. The molecule has 0 spiro atoms. The number of hydrogen-bond donors (Lipinski definition) is 1. The molecule has 0 aliphatic heterocycles. The van der Waals surface area contributed by atoms with Crippen LogP contribution in [0, 0.1) is 0 Å². The van der Waals surface area contributed by atoms with Crippen LogP contribution in [-0.4, -0.2) is 51.4 Å². The maximum atomic E-state index is 14.0. The number of amides is 2. The average molecular weight is 607 g/mol. The van der Waals surface area contributed by atoms with E-state index in [4.69, 9.17) is 27.9 Å². The molecular formula is C29H33Cl2N3O5S. The zero-order chi connectivity index (χ0) is 29.3. The molecule has 8 nitrogen and oxygen atoms in total. The van der Waals surface area contributed by atoms with E-state index in [2.05, 4.69) is 5.32 Å². The minimum Gasteiger partial charge on any atom is -0.497 e. The fourth-order valence-corrected chi connectivity index (χ4v) is 5.75. The molecule has 0 saturated heterocycles. The van der Waals surface area contributed by atoms with Gasteiger partial charge in [-0.1, -0.05) is 49.2 Å². The number of nitrogens with zero attached hydrogens (tertiary/aromatic N) is 2. The summed E-state index contributed by atoms with van der Waals surface area (Å²) in [4.78, 5) is 28.5. The lowest BCUT2D eigenvalue weighted by Gasteiger charge is -2.33. The SMILES string of the molecule is CCCNC(=O)[C@H](CC)N(Cc1ccc(Cl)cc1)C(=O)CN(c1ccc(Cl)cc1)S(=O)(=O)c1ccc(OC)cc1. The lowest BCUT2D eigenvalue weighted by Crippen LogP contribution is -2.52. The fourth-order valence-electron chi connectivity index (χ4n) is 4.08. The first-order valence-electron chi connectivity index (χ1n) is 12.8. The van der Waals surface area contributed by atoms with Gasteiger partial charge in [-0.2, -0.15) is 0 Å². The minimum atomic E-state index is -4.20. The van der Waals surface area contributed by atoms with Crippen molar-refractivity contribution in [3.63, 3.8) is 0 Å². The summed E-state index contributed by atoms with van der Waals surface area (Å²) in [6.07, 6.45) is 1.07. The van der Waals surface area contributed by atoms with Crippen molar-refractivity contribution < 1.29 is 22.7 Å². The van der Waals surface area contributed by atoms with Crippen LogP contribution in [0.15, 0.2) is 77.7 Å². The summed E-state index contributed by atoms with van der Waals surface area (Å²) < 4.78 is 33.9. The average Bonchev–Trinajstić information content (AvgIpc) is 2.96. The van der Waals surface area contributed by atoms with Crippen molar-refractivity contribution in [2.75, 3.05) is 24.5 Å². The molecule has 0 unspecified atom stereocenters. The number of sulfonamides is 1. The van der Waals surface area contributed by atoms with E-state index in [9.17, 15) is 18.0 Å². The molecule has 11 heteroatoms. The molecule has 1 atom stereocenters. The van der Waals surface area contributed by atoms with E-state index in [1.54, 1.807) is 36.4 Å². The van der Waals surface area contributed by atoms with Crippen LogP contribution >= 0.6 is 23.2 Å². The highest BCUT2D eigenvalue weighted by Gasteiger charge is 2.33. The van der Waals surface area contributed by atoms with Gasteiger partial charge in [0, 0.05) is 23.1 Å². The van der Waals surface area contributed by atoms with Crippen molar-refractivity contribution in [1.29, 1.82) is 0 Å². The maximum Gasteiger partial charge on any atom is 0.264 e. The fraction of sp³-hybridized carbons (Fsp3) is 0.310. The first kappa shape index (κ1) is 31.3. The van der Waals surface area contributed by atoms with Gasteiger partial charge in [0.15, 0.2) is 0 Å². The number of halogens is 2. The first-order chi connectivity index (χ1) is 19.1. The summed E-state index contributed by atoms with van der Waals surface area (Å²) in [7, 11) is -2.71. The van der Waals surface area contributed by atoms with Crippen LogP contribution in [0.1, 0.15) is 32.3 Å². The Balaban J connectivity index is 2.04. The van der Waals surface area contributed by atoms with Gasteiger partial charge in [-0.3, -0.25) is 13.9 Å². The molecule has 2 amide bonds. The van der Waals surface area contributed by atoms with Crippen molar-refractivity contribution in [2.45, 2.75) is 44.2 Å². The maximum absolute atomic E-state index is 14.0. The number of benzene rings is 3. The van der Waals surface area contributed by atoms with E-state index in [0.717, 1.165) is 16.3 Å². The molecule has 3 aromatic rings. The molecule has 0 heterocycles. The lowest BCUT2D eigenvalue weighted by atomic mass is 10.1. The van der Waals surface area contributed by atoms with Gasteiger partial charge in [0.2, 0.25) is 11.8 Å². The Morgan fingerprint density at radius 2 is 1.48 bits per heavy atom. The van der Waals surface area contributed by atoms with Gasteiger partial charge < -0.3 is 15.0 Å². The number of carbonyl (C=O) groups excluding carboxylic acids is 2. The second-order valence-electron chi connectivity index (χ2n) is 9.03. The summed E-state index contributed by atoms with van der Waals surface area (Å²) in [6, 6.07) is 18.2. The summed E-state index contributed by atoms with van der Waals surface area (Å²) in [5.74, 6) is -0.353. The van der Waals surface area contributed by atoms with Crippen molar-refractivity contribution in [3.05, 3.63) is 88.4 Å². The molecule has 0 aliphatic rings. The highest BCUT2D eigenvalue weighted by molar-refractivity contribution is 7.92. The number of nitrogens with one attached hydrogen (secondary N) is 1. The van der Waals surface area contributed by atoms with Crippen molar-refractivity contribution in [3.8, 4) is 5.75 Å². The Kier molecular flexibility index (Phi) is 11.2. The van der Waals surface area contributed by atoms with Gasteiger partial charge in [-0.25, -0.2) is 8.42 Å². The number of rotatable bonds is 13. The van der Waals surface area contributed by atoms with Crippen LogP contribution in [0.3, 0.4) is 0 Å². The number of methoxy groups -OCH3 is 1. The standard InChI is InChI=1S/C29H33Cl2N3O5S/c1-4-18-32-29(36)27(5-2)33(19-21-6-8-22(30)9-7-21)28(35)20-34(24-12-10-23(31)11-13-24)40(37,38)26-16-14-25(39-3)15-17-26/h6-17,27H,4-5,18-20H2,1-3H3,(H,32,36)/t27-/m0/s1. The van der Waals surface area contributed by atoms with Crippen LogP contribution in [0.2, 0.25) is 10.0 Å². The lowest BCUT2D eigenvalue weighted by molar-refractivity contribution is -0.140. The predicted octanol–water partition coefficient (Wildman–Crippen LogP) is 5.53. The van der Waals surface area contributed by atoms with Crippen molar-refractivity contribution in [2.24, 2.45) is 0 Å². The molecule has 0 aromatic heterocycles. The molecule has 40 heavy (non-hydrogen) atoms. The van der Waals surface area contributed by atoms with Crippen LogP contribution < -0.4 is 14.4 Å². The monoisotopic (exact) mass is 605 g/mol. The van der Waals surface area contributed by atoms with Gasteiger partial charge in [0.1, 0.15) is 18.3 Å². The Morgan fingerprint density at radius 1 is 0.900 bits per heavy atom. The number of anilines is 1. The van der Waals surface area contributed by atoms with Crippen LogP contribution in [-0.2, 0) is 26.2 Å². The van der Waals surface area contributed by atoms with Gasteiger partial charge in [0.05, 0.1) is 17.7 Å². The molecule has 0 fully saturated rings. The van der Waals surface area contributed by atoms with E-state index in [1.807, 2.05) is 13.8 Å². The topological polar surface area (TPSA) is 96.0 Å². The molecule has 3 rings (SSSR count). The Bertz CT molecular complexity index is 1380. The Hall–Kier alpha value is -3.27. The first-order valence-corrected chi connectivity index (χ1v) is 15.0. The van der Waals surface area contributed by atoms with Crippen LogP contribution in [0.5, 0.6) is 5.75 Å². The Labute approximate surface area is 245 Å². The molecule has 1 N–H and O–H groups in total. The van der Waals surface area contributed by atoms with E-state index in [1.165, 1.54) is 48.4 Å². The largest absolute Gasteiger partial charge is 0.497 e. The van der Waals surface area contributed by atoms with E-state index >= 15 is 0 Å². The predicted molar refractivity (Wildman–Crippen MR) is 158 cm³/mol. The molecule has 0 aliphatic carbocycles. The van der Waals surface area contributed by atoms with Crippen molar-refractivity contribution >= 4 is 50.7 Å². The minimum absolute atomic E-state index is 0.0203. The zero-order valence-corrected chi connectivity index (χ0v) is 25.0. The number of hydrogen-bond acceptors (Lipinski definition) is 5. The molecule has 3 aromatic carbocycles. The molecule has 0 bridgehead atoms. The summed E-state index contributed by atoms with van der Waals surface area (Å²) in [5.41, 5.74) is 0.999. The van der Waals surface area contributed by atoms with Gasteiger partial charge in [0.25, 0.3) is 10.0 Å². The second kappa shape index (κ2) is 14.4. The van der Waals surface area contributed by atoms with Crippen LogP contribution in [0.25, 0.3) is 0 Å². The summed E-state index contributed by atoms with van der Waals surface area (Å²) in [5, 5.41) is 3.81. The molecule has 214 valence electrons. The molecule has 0 saturated carbocycles. The quantitative estimate of drug-likeness (QED) is 0.276. The zero-order valence-electron chi connectivity index (χ0n) is 22.6. The third-order valence-corrected chi connectivity index (χ3v) is 8.53. The van der Waals surface area contributed by atoms with E-state index in [0.29, 0.717) is 28.8 Å². The number of carbonyl (C=O) groups is 2. The summed E-state index contributed by atoms with van der Waals surface area (Å²) >= 11 is 12.1. The summed E-state index contributed by atoms with van der Waals surface area (Å²) in [6.45, 7) is 3.75. The highest BCUT2D eigenvalue weighted by atomic mass is 35.5. The van der Waals surface area contributed by atoms with E-state index < -0.39 is 28.5 Å². The van der Waals surface area contributed by atoms with Gasteiger partial charge >= 0.3 is 0 Å². The second-order valence-corrected chi connectivity index (χ2v) is 11.8. The van der Waals surface area contributed by atoms with Gasteiger partial charge in [-0.05, 0) is 79.1 Å².